The minimum absolute atomic E-state index is 0.129. The van der Waals surface area contributed by atoms with E-state index >= 15 is 0 Å². The molecule has 146 valence electrons. The first-order chi connectivity index (χ1) is 13.2. The van der Waals surface area contributed by atoms with E-state index in [0.29, 0.717) is 21.7 Å². The summed E-state index contributed by atoms with van der Waals surface area (Å²) in [5, 5.41) is 9.11. The highest BCUT2D eigenvalue weighted by Crippen LogP contribution is 2.35. The maximum absolute atomic E-state index is 12.7. The number of sulfonamides is 1. The smallest absolute Gasteiger partial charge is 0.310 e. The monoisotopic (exact) mass is 419 g/mol. The van der Waals surface area contributed by atoms with Crippen molar-refractivity contribution in [2.75, 3.05) is 0 Å². The van der Waals surface area contributed by atoms with Crippen LogP contribution in [0.2, 0.25) is 5.02 Å². The number of benzene rings is 2. The fraction of sp³-hybridized carbons (Fsp3) is 0.200. The number of halogens is 1. The Bertz CT molecular complexity index is 1070. The lowest BCUT2D eigenvalue weighted by atomic mass is 9.97. The third-order valence-electron chi connectivity index (χ3n) is 4.46. The topological polar surface area (TPSA) is 101 Å². The van der Waals surface area contributed by atoms with Crippen LogP contribution in [0.4, 0.5) is 0 Å². The average Bonchev–Trinajstić information content (AvgIpc) is 2.99. The number of carboxylic acids is 1. The predicted molar refractivity (Wildman–Crippen MR) is 106 cm³/mol. The summed E-state index contributed by atoms with van der Waals surface area (Å²) in [4.78, 5) is 22.8. The Kier molecular flexibility index (Phi) is 5.69. The van der Waals surface area contributed by atoms with E-state index in [2.05, 4.69) is 4.72 Å². The molecule has 0 heterocycles. The second kappa shape index (κ2) is 7.87. The van der Waals surface area contributed by atoms with E-state index in [9.17, 15) is 18.0 Å². The fourth-order valence-corrected chi connectivity index (χ4v) is 4.49. The number of Topliss-reactive ketones (excluding diaryl/α,β-unsaturated/α-hetero) is 1. The average molecular weight is 420 g/mol. The Balaban J connectivity index is 1.87. The summed E-state index contributed by atoms with van der Waals surface area (Å²) in [7, 11) is -3.74. The minimum atomic E-state index is -3.74. The summed E-state index contributed by atoms with van der Waals surface area (Å²) in [5.41, 5.74) is 2.76. The molecule has 0 amide bonds. The maximum Gasteiger partial charge on any atom is 0.310 e. The predicted octanol–water partition coefficient (Wildman–Crippen LogP) is 3.28. The zero-order valence-corrected chi connectivity index (χ0v) is 16.5. The van der Waals surface area contributed by atoms with Crippen LogP contribution in [0.5, 0.6) is 0 Å². The van der Waals surface area contributed by atoms with Gasteiger partial charge in [0, 0.05) is 11.4 Å². The van der Waals surface area contributed by atoms with Crippen molar-refractivity contribution in [2.45, 2.75) is 30.7 Å². The van der Waals surface area contributed by atoms with E-state index in [0.717, 1.165) is 5.56 Å². The first-order valence-corrected chi connectivity index (χ1v) is 10.4. The number of carbonyl (C=O) groups is 2. The molecule has 8 heteroatoms. The highest BCUT2D eigenvalue weighted by atomic mass is 35.5. The van der Waals surface area contributed by atoms with Gasteiger partial charge in [0.1, 0.15) is 12.2 Å². The summed E-state index contributed by atoms with van der Waals surface area (Å²) in [5.74, 6) is -1.67. The second-order valence-corrected chi connectivity index (χ2v) is 8.71. The molecule has 2 aromatic carbocycles. The molecular formula is C20H18ClNO5S. The van der Waals surface area contributed by atoms with Gasteiger partial charge in [-0.15, -0.1) is 0 Å². The summed E-state index contributed by atoms with van der Waals surface area (Å²) in [6.07, 6.45) is 2.66. The van der Waals surface area contributed by atoms with Crippen LogP contribution in [0.15, 0.2) is 47.4 Å². The molecule has 2 N–H and O–H groups in total. The molecule has 0 saturated carbocycles. The van der Waals surface area contributed by atoms with Crippen LogP contribution in [0.25, 0.3) is 6.08 Å². The van der Waals surface area contributed by atoms with E-state index in [4.69, 9.17) is 16.7 Å². The Morgan fingerprint density at radius 1 is 1.14 bits per heavy atom. The Labute approximate surface area is 167 Å². The molecule has 0 radical (unpaired) electrons. The number of hydrogen-bond acceptors (Lipinski definition) is 4. The standard InChI is InChI=1S/C20H18ClNO5S/c1-12-2-4-14(5-3-12)28(26,27)22-19-9-7-15-16(19)6-8-18(21)17(15)10-13(23)11-20(24)25/h2-9,19,22H,10-11H2,1H3,(H,24,25). The zero-order valence-electron chi connectivity index (χ0n) is 15.0. The van der Waals surface area contributed by atoms with E-state index in [1.165, 1.54) is 12.1 Å². The normalized spacial score (nSPS) is 15.4. The van der Waals surface area contributed by atoms with Crippen LogP contribution < -0.4 is 4.72 Å². The quantitative estimate of drug-likeness (QED) is 0.671. The molecule has 28 heavy (non-hydrogen) atoms. The summed E-state index contributed by atoms with van der Waals surface area (Å²) >= 11 is 6.21. The molecule has 1 aliphatic rings. The van der Waals surface area contributed by atoms with Crippen molar-refractivity contribution in [3.8, 4) is 0 Å². The van der Waals surface area contributed by atoms with Crippen LogP contribution >= 0.6 is 11.6 Å². The summed E-state index contributed by atoms with van der Waals surface area (Å²) in [6.45, 7) is 1.87. The molecule has 0 aromatic heterocycles. The van der Waals surface area contributed by atoms with Crippen LogP contribution in [0.1, 0.15) is 34.7 Å². The minimum Gasteiger partial charge on any atom is -0.481 e. The molecule has 0 spiro atoms. The van der Waals surface area contributed by atoms with Crippen molar-refractivity contribution in [3.05, 3.63) is 69.8 Å². The first kappa shape index (κ1) is 20.3. The summed E-state index contributed by atoms with van der Waals surface area (Å²) in [6, 6.07) is 9.20. The Hall–Kier alpha value is -2.48. The van der Waals surface area contributed by atoms with Crippen LogP contribution in [-0.4, -0.2) is 25.3 Å². The number of rotatable bonds is 7. The van der Waals surface area contributed by atoms with Crippen molar-refractivity contribution < 1.29 is 23.1 Å². The zero-order chi connectivity index (χ0) is 20.5. The van der Waals surface area contributed by atoms with Crippen LogP contribution in [0.3, 0.4) is 0 Å². The molecule has 0 saturated heterocycles. The fourth-order valence-electron chi connectivity index (χ4n) is 3.08. The number of hydrogen-bond donors (Lipinski definition) is 2. The summed E-state index contributed by atoms with van der Waals surface area (Å²) < 4.78 is 28.0. The third kappa shape index (κ3) is 4.32. The van der Waals surface area contributed by atoms with Gasteiger partial charge in [0.25, 0.3) is 0 Å². The highest BCUT2D eigenvalue weighted by Gasteiger charge is 2.27. The largest absolute Gasteiger partial charge is 0.481 e. The lowest BCUT2D eigenvalue weighted by Gasteiger charge is -2.16. The van der Waals surface area contributed by atoms with Gasteiger partial charge in [0.15, 0.2) is 0 Å². The van der Waals surface area contributed by atoms with Gasteiger partial charge in [-0.3, -0.25) is 9.59 Å². The molecule has 1 unspecified atom stereocenters. The molecule has 3 rings (SSSR count). The van der Waals surface area contributed by atoms with Crippen molar-refractivity contribution in [3.63, 3.8) is 0 Å². The van der Waals surface area contributed by atoms with Gasteiger partial charge >= 0.3 is 5.97 Å². The SMILES string of the molecule is Cc1ccc(S(=O)(=O)NC2C=Cc3c2ccc(Cl)c3CC(=O)CC(=O)O)cc1. The maximum atomic E-state index is 12.7. The molecule has 1 atom stereocenters. The number of nitrogens with one attached hydrogen (secondary N) is 1. The lowest BCUT2D eigenvalue weighted by molar-refractivity contribution is -0.140. The van der Waals surface area contributed by atoms with Crippen molar-refractivity contribution in [1.82, 2.24) is 4.72 Å². The van der Waals surface area contributed by atoms with Gasteiger partial charge in [-0.2, -0.15) is 4.72 Å². The lowest BCUT2D eigenvalue weighted by Crippen LogP contribution is -2.27. The molecule has 0 aliphatic heterocycles. The molecule has 0 fully saturated rings. The molecule has 0 bridgehead atoms. The van der Waals surface area contributed by atoms with Gasteiger partial charge in [0.05, 0.1) is 10.9 Å². The number of fused-ring (bicyclic) bond motifs is 1. The number of carbonyl (C=O) groups excluding carboxylic acids is 1. The third-order valence-corrected chi connectivity index (χ3v) is 6.27. The van der Waals surface area contributed by atoms with Crippen molar-refractivity contribution >= 4 is 39.5 Å². The highest BCUT2D eigenvalue weighted by molar-refractivity contribution is 7.89. The van der Waals surface area contributed by atoms with Gasteiger partial charge in [-0.1, -0.05) is 47.5 Å². The van der Waals surface area contributed by atoms with Crippen LogP contribution in [-0.2, 0) is 26.0 Å². The first-order valence-electron chi connectivity index (χ1n) is 8.49. The van der Waals surface area contributed by atoms with Crippen molar-refractivity contribution in [2.24, 2.45) is 0 Å². The van der Waals surface area contributed by atoms with Gasteiger partial charge in [-0.05, 0) is 41.8 Å². The van der Waals surface area contributed by atoms with Gasteiger partial charge in [-0.25, -0.2) is 8.42 Å². The van der Waals surface area contributed by atoms with Crippen molar-refractivity contribution in [1.29, 1.82) is 0 Å². The Morgan fingerprint density at radius 3 is 2.46 bits per heavy atom. The number of carboxylic acid groups (broad SMARTS) is 1. The van der Waals surface area contributed by atoms with E-state index in [1.54, 1.807) is 36.4 Å². The number of aryl methyl sites for hydroxylation is 1. The molecule has 1 aliphatic carbocycles. The van der Waals surface area contributed by atoms with E-state index in [-0.39, 0.29) is 11.3 Å². The second-order valence-electron chi connectivity index (χ2n) is 6.59. The number of aliphatic carboxylic acids is 1. The molecule has 2 aromatic rings. The van der Waals surface area contributed by atoms with E-state index in [1.807, 2.05) is 6.92 Å². The van der Waals surface area contributed by atoms with Crippen LogP contribution in [0, 0.1) is 6.92 Å². The van der Waals surface area contributed by atoms with Gasteiger partial charge in [0.2, 0.25) is 10.0 Å². The molecule has 6 nitrogen and oxygen atoms in total. The number of ketones is 1. The van der Waals surface area contributed by atoms with E-state index < -0.39 is 34.2 Å². The molecular weight excluding hydrogens is 402 g/mol. The van der Waals surface area contributed by atoms with Gasteiger partial charge < -0.3 is 5.11 Å². The Morgan fingerprint density at radius 2 is 1.82 bits per heavy atom.